The molecule has 1 aliphatic heterocycles. The van der Waals surface area contributed by atoms with Gasteiger partial charge in [0.2, 0.25) is 0 Å². The minimum atomic E-state index is -0.271. The number of nitrogens with one attached hydrogen (secondary N) is 1. The lowest BCUT2D eigenvalue weighted by Gasteiger charge is -2.19. The standard InChI is InChI=1S/C24H22N4O4S/c1-31-18-11-14-6-9-28(10-7-15(14)12-19(18)32-2)24(30)16-13-33-21-20(16)26-22(27-23(21)29)17-5-3-4-8-25-17/h3-5,8,11-13H,6-7,9-10H2,1-2H3,(H,26,27,29). The van der Waals surface area contributed by atoms with E-state index in [0.29, 0.717) is 64.7 Å². The van der Waals surface area contributed by atoms with Gasteiger partial charge in [0.1, 0.15) is 15.9 Å². The van der Waals surface area contributed by atoms with Gasteiger partial charge in [-0.15, -0.1) is 11.3 Å². The molecule has 5 rings (SSSR count). The normalized spacial score (nSPS) is 13.5. The van der Waals surface area contributed by atoms with E-state index in [1.165, 1.54) is 11.3 Å². The number of carbonyl (C=O) groups excluding carboxylic acids is 1. The number of ether oxygens (including phenoxy) is 2. The van der Waals surface area contributed by atoms with Gasteiger partial charge in [-0.1, -0.05) is 6.07 Å². The third-order valence-electron chi connectivity index (χ3n) is 5.86. The van der Waals surface area contributed by atoms with Gasteiger partial charge in [-0.3, -0.25) is 14.6 Å². The van der Waals surface area contributed by atoms with E-state index < -0.39 is 0 Å². The molecule has 0 saturated heterocycles. The molecule has 8 nitrogen and oxygen atoms in total. The Labute approximate surface area is 193 Å². The number of thiophene rings is 1. The van der Waals surface area contributed by atoms with Crippen LogP contribution < -0.4 is 15.0 Å². The Morgan fingerprint density at radius 2 is 1.79 bits per heavy atom. The Hall–Kier alpha value is -3.72. The van der Waals surface area contributed by atoms with Crippen LogP contribution in [0.25, 0.3) is 21.7 Å². The summed E-state index contributed by atoms with van der Waals surface area (Å²) in [7, 11) is 3.23. The number of hydrogen-bond donors (Lipinski definition) is 1. The van der Waals surface area contributed by atoms with Crippen LogP contribution in [0.3, 0.4) is 0 Å². The molecule has 33 heavy (non-hydrogen) atoms. The molecule has 0 bridgehead atoms. The second kappa shape index (κ2) is 8.67. The third kappa shape index (κ3) is 3.84. The molecule has 168 valence electrons. The second-order valence-corrected chi connectivity index (χ2v) is 8.60. The zero-order valence-corrected chi connectivity index (χ0v) is 19.1. The van der Waals surface area contributed by atoms with E-state index in [4.69, 9.17) is 9.47 Å². The number of H-pyrrole nitrogens is 1. The van der Waals surface area contributed by atoms with E-state index in [9.17, 15) is 9.59 Å². The minimum Gasteiger partial charge on any atom is -0.493 e. The lowest BCUT2D eigenvalue weighted by atomic mass is 10.0. The number of carbonyl (C=O) groups is 1. The van der Waals surface area contributed by atoms with Crippen LogP contribution in [-0.4, -0.2) is 53.1 Å². The number of benzene rings is 1. The minimum absolute atomic E-state index is 0.127. The molecule has 1 aliphatic rings. The van der Waals surface area contributed by atoms with E-state index >= 15 is 0 Å². The van der Waals surface area contributed by atoms with Gasteiger partial charge >= 0.3 is 0 Å². The number of pyridine rings is 1. The highest BCUT2D eigenvalue weighted by Crippen LogP contribution is 2.33. The molecule has 0 fully saturated rings. The monoisotopic (exact) mass is 462 g/mol. The number of nitrogens with zero attached hydrogens (tertiary/aromatic N) is 3. The molecular formula is C24H22N4O4S. The molecule has 4 heterocycles. The van der Waals surface area contributed by atoms with Gasteiger partial charge < -0.3 is 19.4 Å². The van der Waals surface area contributed by atoms with Crippen LogP contribution in [0.2, 0.25) is 0 Å². The molecular weight excluding hydrogens is 440 g/mol. The first kappa shape index (κ1) is 21.1. The summed E-state index contributed by atoms with van der Waals surface area (Å²) in [5, 5.41) is 1.72. The van der Waals surface area contributed by atoms with Crippen molar-refractivity contribution in [3.63, 3.8) is 0 Å². The summed E-state index contributed by atoms with van der Waals surface area (Å²) in [4.78, 5) is 39.6. The molecule has 0 radical (unpaired) electrons. The van der Waals surface area contributed by atoms with E-state index in [1.54, 1.807) is 37.9 Å². The molecule has 0 spiro atoms. The van der Waals surface area contributed by atoms with Crippen LogP contribution in [-0.2, 0) is 12.8 Å². The van der Waals surface area contributed by atoms with Crippen molar-refractivity contribution in [3.05, 3.63) is 69.0 Å². The van der Waals surface area contributed by atoms with Gasteiger partial charge in [0.25, 0.3) is 11.5 Å². The molecule has 0 saturated carbocycles. The first-order chi connectivity index (χ1) is 16.1. The fraction of sp³-hybridized carbons (Fsp3) is 0.250. The molecule has 9 heteroatoms. The van der Waals surface area contributed by atoms with E-state index in [0.717, 1.165) is 11.1 Å². The van der Waals surface area contributed by atoms with Crippen LogP contribution in [0.1, 0.15) is 21.5 Å². The number of aromatic amines is 1. The van der Waals surface area contributed by atoms with Crippen molar-refractivity contribution in [1.29, 1.82) is 0 Å². The number of methoxy groups -OCH3 is 2. The van der Waals surface area contributed by atoms with Gasteiger partial charge in [0.05, 0.1) is 19.8 Å². The molecule has 0 aliphatic carbocycles. The zero-order valence-electron chi connectivity index (χ0n) is 18.3. The van der Waals surface area contributed by atoms with Crippen molar-refractivity contribution in [2.24, 2.45) is 0 Å². The van der Waals surface area contributed by atoms with Crippen LogP contribution in [0, 0.1) is 0 Å². The summed E-state index contributed by atoms with van der Waals surface area (Å²) < 4.78 is 11.3. The predicted octanol–water partition coefficient (Wildman–Crippen LogP) is 3.30. The Morgan fingerprint density at radius 3 is 2.39 bits per heavy atom. The first-order valence-electron chi connectivity index (χ1n) is 10.5. The van der Waals surface area contributed by atoms with Gasteiger partial charge in [0, 0.05) is 24.7 Å². The molecule has 3 aromatic heterocycles. The number of amides is 1. The SMILES string of the molecule is COc1cc2c(cc1OC)CCN(C(=O)c1csc3c(=O)[nH]c(-c4ccccn4)nc13)CC2. The summed E-state index contributed by atoms with van der Waals surface area (Å²) in [5.74, 6) is 1.59. The quantitative estimate of drug-likeness (QED) is 0.500. The molecule has 0 atom stereocenters. The average Bonchev–Trinajstić information content (AvgIpc) is 3.17. The Morgan fingerprint density at radius 1 is 1.09 bits per heavy atom. The topological polar surface area (TPSA) is 97.4 Å². The van der Waals surface area contributed by atoms with Crippen molar-refractivity contribution in [3.8, 4) is 23.0 Å². The maximum absolute atomic E-state index is 13.5. The Balaban J connectivity index is 1.46. The van der Waals surface area contributed by atoms with Crippen molar-refractivity contribution in [1.82, 2.24) is 19.9 Å². The summed E-state index contributed by atoms with van der Waals surface area (Å²) in [6.45, 7) is 1.13. The molecule has 4 aromatic rings. The molecule has 1 N–H and O–H groups in total. The van der Waals surface area contributed by atoms with Gasteiger partial charge in [-0.25, -0.2) is 4.98 Å². The van der Waals surface area contributed by atoms with Crippen molar-refractivity contribution < 1.29 is 14.3 Å². The number of aromatic nitrogens is 3. The average molecular weight is 463 g/mol. The van der Waals surface area contributed by atoms with Crippen molar-refractivity contribution in [2.75, 3.05) is 27.3 Å². The highest BCUT2D eigenvalue weighted by molar-refractivity contribution is 7.17. The number of rotatable bonds is 4. The smallest absolute Gasteiger partial charge is 0.269 e. The molecule has 0 unspecified atom stereocenters. The zero-order chi connectivity index (χ0) is 22.9. The highest BCUT2D eigenvalue weighted by Gasteiger charge is 2.25. The number of hydrogen-bond acceptors (Lipinski definition) is 7. The van der Waals surface area contributed by atoms with Gasteiger partial charge in [-0.2, -0.15) is 0 Å². The fourth-order valence-corrected chi connectivity index (χ4v) is 5.00. The maximum atomic E-state index is 13.5. The van der Waals surface area contributed by atoms with Gasteiger partial charge in [-0.05, 0) is 48.2 Å². The second-order valence-electron chi connectivity index (χ2n) is 7.72. The first-order valence-corrected chi connectivity index (χ1v) is 11.4. The highest BCUT2D eigenvalue weighted by atomic mass is 32.1. The summed E-state index contributed by atoms with van der Waals surface area (Å²) >= 11 is 1.23. The Kier molecular flexibility index (Phi) is 5.55. The van der Waals surface area contributed by atoms with Crippen LogP contribution in [0.15, 0.2) is 46.7 Å². The molecule has 1 aromatic carbocycles. The van der Waals surface area contributed by atoms with E-state index in [-0.39, 0.29) is 11.5 Å². The van der Waals surface area contributed by atoms with Crippen LogP contribution in [0.5, 0.6) is 11.5 Å². The number of fused-ring (bicyclic) bond motifs is 2. The fourth-order valence-electron chi connectivity index (χ4n) is 4.13. The van der Waals surface area contributed by atoms with Crippen molar-refractivity contribution in [2.45, 2.75) is 12.8 Å². The summed E-state index contributed by atoms with van der Waals surface area (Å²) in [5.41, 5.74) is 3.43. The van der Waals surface area contributed by atoms with Crippen LogP contribution in [0.4, 0.5) is 0 Å². The van der Waals surface area contributed by atoms with Crippen LogP contribution >= 0.6 is 11.3 Å². The third-order valence-corrected chi connectivity index (χ3v) is 6.83. The predicted molar refractivity (Wildman–Crippen MR) is 126 cm³/mol. The van der Waals surface area contributed by atoms with E-state index in [1.807, 2.05) is 23.1 Å². The summed E-state index contributed by atoms with van der Waals surface area (Å²) in [6.07, 6.45) is 3.05. The Bertz CT molecular complexity index is 1360. The summed E-state index contributed by atoms with van der Waals surface area (Å²) in [6, 6.07) is 9.37. The van der Waals surface area contributed by atoms with E-state index in [2.05, 4.69) is 15.0 Å². The largest absolute Gasteiger partial charge is 0.493 e. The maximum Gasteiger partial charge on any atom is 0.269 e. The van der Waals surface area contributed by atoms with Gasteiger partial charge in [0.15, 0.2) is 17.3 Å². The lowest BCUT2D eigenvalue weighted by Crippen LogP contribution is -2.33. The lowest BCUT2D eigenvalue weighted by molar-refractivity contribution is 0.0765. The van der Waals surface area contributed by atoms with Crippen molar-refractivity contribution >= 4 is 27.5 Å². The molecule has 1 amide bonds.